The third-order valence-electron chi connectivity index (χ3n) is 4.60. The van der Waals surface area contributed by atoms with E-state index in [1.54, 1.807) is 18.6 Å². The predicted molar refractivity (Wildman–Crippen MR) is 125 cm³/mol. The first-order chi connectivity index (χ1) is 14.9. The number of rotatable bonds is 6. The van der Waals surface area contributed by atoms with Gasteiger partial charge in [-0.3, -0.25) is 9.78 Å². The summed E-state index contributed by atoms with van der Waals surface area (Å²) in [5.74, 6) is 0.560. The fourth-order valence-corrected chi connectivity index (χ4v) is 3.02. The van der Waals surface area contributed by atoms with E-state index >= 15 is 0 Å². The summed E-state index contributed by atoms with van der Waals surface area (Å²) in [7, 11) is 0. The Morgan fingerprint density at radius 3 is 2.81 bits per heavy atom. The van der Waals surface area contributed by atoms with Crippen molar-refractivity contribution in [3.63, 3.8) is 0 Å². The maximum Gasteiger partial charge on any atom is 0.274 e. The molecular weight excluding hydrogens is 388 g/mol. The molecule has 0 fully saturated rings. The zero-order chi connectivity index (χ0) is 22.8. The molecule has 2 N–H and O–H groups in total. The van der Waals surface area contributed by atoms with Crippen LogP contribution in [0.4, 0.5) is 0 Å². The quantitative estimate of drug-likeness (QED) is 0.681. The Bertz CT molecular complexity index is 955. The van der Waals surface area contributed by atoms with Gasteiger partial charge in [-0.15, -0.1) is 10.2 Å². The van der Waals surface area contributed by atoms with Gasteiger partial charge in [-0.2, -0.15) is 0 Å². The molecule has 166 valence electrons. The van der Waals surface area contributed by atoms with Crippen LogP contribution in [-0.2, 0) is 13.0 Å². The molecule has 0 unspecified atom stereocenters. The number of amides is 1. The molecule has 0 spiro atoms. The van der Waals surface area contributed by atoms with Crippen molar-refractivity contribution in [3.05, 3.63) is 71.7 Å². The molecule has 31 heavy (non-hydrogen) atoms. The first-order valence-electron chi connectivity index (χ1n) is 10.8. The summed E-state index contributed by atoms with van der Waals surface area (Å²) in [6.07, 6.45) is 11.2. The third kappa shape index (κ3) is 7.00. The van der Waals surface area contributed by atoms with Crippen LogP contribution < -0.4 is 10.6 Å². The third-order valence-corrected chi connectivity index (χ3v) is 4.60. The topological polar surface area (TPSA) is 84.7 Å². The van der Waals surface area contributed by atoms with Gasteiger partial charge in [0, 0.05) is 24.5 Å². The van der Waals surface area contributed by atoms with Crippen LogP contribution in [0.3, 0.4) is 0 Å². The summed E-state index contributed by atoms with van der Waals surface area (Å²) >= 11 is 0. The van der Waals surface area contributed by atoms with Crippen molar-refractivity contribution >= 4 is 11.5 Å². The van der Waals surface area contributed by atoms with Gasteiger partial charge in [0.2, 0.25) is 0 Å². The first-order valence-corrected chi connectivity index (χ1v) is 10.8. The van der Waals surface area contributed by atoms with Crippen molar-refractivity contribution in [1.29, 1.82) is 0 Å². The average Bonchev–Trinajstić information content (AvgIpc) is 3.24. The van der Waals surface area contributed by atoms with Crippen LogP contribution in [0.2, 0.25) is 0 Å². The highest BCUT2D eigenvalue weighted by Crippen LogP contribution is 2.16. The molecule has 2 aromatic heterocycles. The van der Waals surface area contributed by atoms with E-state index in [2.05, 4.69) is 60.1 Å². The van der Waals surface area contributed by atoms with Crippen LogP contribution in [0.5, 0.6) is 0 Å². The van der Waals surface area contributed by atoms with Crippen LogP contribution in [0, 0.1) is 0 Å². The summed E-state index contributed by atoms with van der Waals surface area (Å²) in [4.78, 5) is 16.7. The van der Waals surface area contributed by atoms with Gasteiger partial charge < -0.3 is 15.2 Å². The van der Waals surface area contributed by atoms with Crippen molar-refractivity contribution in [2.45, 2.75) is 60.0 Å². The number of fused-ring (bicyclic) bond motifs is 1. The average molecular weight is 423 g/mol. The van der Waals surface area contributed by atoms with Gasteiger partial charge in [0.05, 0.1) is 0 Å². The van der Waals surface area contributed by atoms with E-state index in [4.69, 9.17) is 0 Å². The van der Waals surface area contributed by atoms with Gasteiger partial charge in [-0.25, -0.2) is 0 Å². The minimum absolute atomic E-state index is 0.261. The number of hydrogen-bond donors (Lipinski definition) is 2. The van der Waals surface area contributed by atoms with E-state index in [1.807, 2.05) is 29.7 Å². The fourth-order valence-electron chi connectivity index (χ4n) is 3.02. The molecule has 0 aromatic carbocycles. The monoisotopic (exact) mass is 422 g/mol. The predicted octanol–water partition coefficient (Wildman–Crippen LogP) is 4.22. The number of pyridine rings is 1. The molecule has 0 saturated heterocycles. The smallest absolute Gasteiger partial charge is 0.274 e. The number of carbonyl (C=O) groups is 1. The second kappa shape index (κ2) is 12.0. The second-order valence-corrected chi connectivity index (χ2v) is 7.82. The van der Waals surface area contributed by atoms with Gasteiger partial charge >= 0.3 is 0 Å². The van der Waals surface area contributed by atoms with E-state index in [0.717, 1.165) is 36.5 Å². The molecule has 7 nitrogen and oxygen atoms in total. The Labute approximate surface area is 185 Å². The van der Waals surface area contributed by atoms with Crippen molar-refractivity contribution in [2.75, 3.05) is 6.54 Å². The van der Waals surface area contributed by atoms with E-state index in [-0.39, 0.29) is 11.9 Å². The van der Waals surface area contributed by atoms with Crippen LogP contribution in [0.15, 0.2) is 49.1 Å². The summed E-state index contributed by atoms with van der Waals surface area (Å²) in [5.41, 5.74) is 4.19. The van der Waals surface area contributed by atoms with E-state index in [0.29, 0.717) is 11.4 Å². The van der Waals surface area contributed by atoms with Crippen molar-refractivity contribution in [2.24, 2.45) is 0 Å². The lowest BCUT2D eigenvalue weighted by Gasteiger charge is -2.17. The Balaban J connectivity index is 0.00000107. The van der Waals surface area contributed by atoms with E-state index in [9.17, 15) is 4.79 Å². The summed E-state index contributed by atoms with van der Waals surface area (Å²) < 4.78 is 2.01. The molecule has 1 aliphatic rings. The highest BCUT2D eigenvalue weighted by molar-refractivity contribution is 5.93. The maximum atomic E-state index is 12.4. The van der Waals surface area contributed by atoms with Crippen molar-refractivity contribution < 1.29 is 4.79 Å². The molecular formula is C24H34N6O. The molecule has 3 heterocycles. The normalized spacial score (nSPS) is 13.5. The number of hydrogen-bond acceptors (Lipinski definition) is 5. The number of nitrogens with one attached hydrogen (secondary N) is 2. The van der Waals surface area contributed by atoms with Gasteiger partial charge in [0.15, 0.2) is 5.82 Å². The summed E-state index contributed by atoms with van der Waals surface area (Å²) in [6, 6.07) is 2.13. The van der Waals surface area contributed by atoms with Gasteiger partial charge in [-0.05, 0) is 62.6 Å². The van der Waals surface area contributed by atoms with Crippen molar-refractivity contribution in [3.8, 4) is 0 Å². The molecule has 0 atom stereocenters. The number of allylic oxidation sites excluding steroid dienone is 4. The molecule has 0 radical (unpaired) electrons. The van der Waals surface area contributed by atoms with Crippen LogP contribution in [0.25, 0.3) is 5.57 Å². The van der Waals surface area contributed by atoms with Gasteiger partial charge in [0.25, 0.3) is 5.91 Å². The van der Waals surface area contributed by atoms with Gasteiger partial charge in [0.1, 0.15) is 12.0 Å². The Hall–Kier alpha value is -3.06. The lowest BCUT2D eigenvalue weighted by molar-refractivity contribution is 0.0962. The Kier molecular flexibility index (Phi) is 9.34. The SMILES string of the molecule is C=C(/C=C\C=C(/C)c1nncn1C(C)C)NC(=O)c1cc2c(cn1)CCNC2.CCC. The Morgan fingerprint density at radius 2 is 2.10 bits per heavy atom. The highest BCUT2D eigenvalue weighted by Gasteiger charge is 2.14. The molecule has 0 bridgehead atoms. The standard InChI is InChI=1S/C21H26N6O.C3H8/c1-14(2)27-13-24-26-20(27)15(3)6-5-7-16(4)25-21(28)19-10-18-11-22-9-8-17(18)12-23-19;1-3-2/h5-7,10,12-14,22H,4,8-9,11H2,1-3H3,(H,25,28);3H2,1-2H3/b7-5-,15-6+;. The highest BCUT2D eigenvalue weighted by atomic mass is 16.1. The van der Waals surface area contributed by atoms with E-state index in [1.165, 1.54) is 12.0 Å². The minimum Gasteiger partial charge on any atom is -0.321 e. The zero-order valence-electron chi connectivity index (χ0n) is 19.3. The number of carbonyl (C=O) groups excluding carboxylic acids is 1. The molecule has 1 aliphatic heterocycles. The lowest BCUT2D eigenvalue weighted by Crippen LogP contribution is -2.26. The molecule has 1 amide bonds. The summed E-state index contributed by atoms with van der Waals surface area (Å²) in [5, 5.41) is 14.2. The largest absolute Gasteiger partial charge is 0.321 e. The zero-order valence-corrected chi connectivity index (χ0v) is 19.3. The Morgan fingerprint density at radius 1 is 1.35 bits per heavy atom. The number of nitrogens with zero attached hydrogens (tertiary/aromatic N) is 4. The van der Waals surface area contributed by atoms with Crippen molar-refractivity contribution in [1.82, 2.24) is 30.4 Å². The van der Waals surface area contributed by atoms with Crippen LogP contribution in [0.1, 0.15) is 74.5 Å². The first kappa shape index (κ1) is 24.2. The molecule has 2 aromatic rings. The molecule has 0 aliphatic carbocycles. The molecule has 0 saturated carbocycles. The fraction of sp³-hybridized carbons (Fsp3) is 0.417. The second-order valence-electron chi connectivity index (χ2n) is 7.82. The van der Waals surface area contributed by atoms with Crippen LogP contribution in [-0.4, -0.2) is 32.2 Å². The van der Waals surface area contributed by atoms with Gasteiger partial charge in [-0.1, -0.05) is 39.0 Å². The van der Waals surface area contributed by atoms with Crippen LogP contribution >= 0.6 is 0 Å². The molecule has 3 rings (SSSR count). The molecule has 7 heteroatoms. The minimum atomic E-state index is -0.261. The number of aromatic nitrogens is 4. The maximum absolute atomic E-state index is 12.4. The summed E-state index contributed by atoms with van der Waals surface area (Å²) in [6.45, 7) is 16.0. The van der Waals surface area contributed by atoms with E-state index < -0.39 is 0 Å². The lowest BCUT2D eigenvalue weighted by atomic mass is 10.0.